The maximum Gasteiger partial charge on any atom is 0.0901 e. The predicted molar refractivity (Wildman–Crippen MR) is 93.3 cm³/mol. The maximum atomic E-state index is 4.82. The zero-order valence-corrected chi connectivity index (χ0v) is 12.9. The largest absolute Gasteiger partial charge is 0.244 e. The fourth-order valence-corrected chi connectivity index (χ4v) is 2.95. The van der Waals surface area contributed by atoms with Gasteiger partial charge >= 0.3 is 0 Å². The quantitative estimate of drug-likeness (QED) is 0.481. The average molecular weight is 286 g/mol. The fourth-order valence-electron chi connectivity index (χ4n) is 2.95. The highest BCUT2D eigenvalue weighted by molar-refractivity contribution is 5.97. The molecule has 108 valence electrons. The topological polar surface area (TPSA) is 25.8 Å². The standard InChI is InChI=1S/C20H18N2/c1-3-13-5-7-15-11-19-20(12-16(15)9-13)21-17-8-6-14(4-2)10-18(17)22-19/h5-12H,3-4H2,1-2H3. The van der Waals surface area contributed by atoms with E-state index >= 15 is 0 Å². The highest BCUT2D eigenvalue weighted by Gasteiger charge is 2.05. The number of benzene rings is 3. The molecular weight excluding hydrogens is 268 g/mol. The lowest BCUT2D eigenvalue weighted by molar-refractivity contribution is 1.14. The fraction of sp³-hybridized carbons (Fsp3) is 0.200. The molecule has 0 fully saturated rings. The van der Waals surface area contributed by atoms with Gasteiger partial charge in [0, 0.05) is 0 Å². The van der Waals surface area contributed by atoms with Crippen molar-refractivity contribution in [3.8, 4) is 0 Å². The second-order valence-electron chi connectivity index (χ2n) is 5.78. The van der Waals surface area contributed by atoms with Crippen LogP contribution in [0.1, 0.15) is 25.0 Å². The number of hydrogen-bond donors (Lipinski definition) is 0. The van der Waals surface area contributed by atoms with E-state index in [9.17, 15) is 0 Å². The van der Waals surface area contributed by atoms with Crippen LogP contribution in [0.3, 0.4) is 0 Å². The zero-order valence-electron chi connectivity index (χ0n) is 12.9. The molecule has 4 rings (SSSR count). The third-order valence-corrected chi connectivity index (χ3v) is 4.34. The molecule has 0 unspecified atom stereocenters. The van der Waals surface area contributed by atoms with Gasteiger partial charge in [-0.15, -0.1) is 0 Å². The Hall–Kier alpha value is -2.48. The average Bonchev–Trinajstić information content (AvgIpc) is 2.57. The molecule has 0 aliphatic carbocycles. The first kappa shape index (κ1) is 13.2. The van der Waals surface area contributed by atoms with Crippen molar-refractivity contribution in [1.82, 2.24) is 9.97 Å². The molecule has 2 heteroatoms. The van der Waals surface area contributed by atoms with Crippen molar-refractivity contribution >= 4 is 32.8 Å². The van der Waals surface area contributed by atoms with Crippen LogP contribution >= 0.6 is 0 Å². The Morgan fingerprint density at radius 2 is 1.18 bits per heavy atom. The second kappa shape index (κ2) is 5.06. The van der Waals surface area contributed by atoms with Crippen molar-refractivity contribution in [1.29, 1.82) is 0 Å². The number of nitrogens with zero attached hydrogens (tertiary/aromatic N) is 2. The molecule has 3 aromatic carbocycles. The van der Waals surface area contributed by atoms with Crippen LogP contribution in [0, 0.1) is 0 Å². The molecule has 22 heavy (non-hydrogen) atoms. The first-order chi connectivity index (χ1) is 10.8. The van der Waals surface area contributed by atoms with Gasteiger partial charge in [-0.2, -0.15) is 0 Å². The number of aryl methyl sites for hydroxylation is 2. The molecule has 0 radical (unpaired) electrons. The monoisotopic (exact) mass is 286 g/mol. The van der Waals surface area contributed by atoms with Crippen LogP contribution in [0.5, 0.6) is 0 Å². The van der Waals surface area contributed by atoms with Gasteiger partial charge in [-0.25, -0.2) is 9.97 Å². The van der Waals surface area contributed by atoms with E-state index in [2.05, 4.69) is 62.4 Å². The Morgan fingerprint density at radius 3 is 1.95 bits per heavy atom. The van der Waals surface area contributed by atoms with E-state index in [0.29, 0.717) is 0 Å². The van der Waals surface area contributed by atoms with Gasteiger partial charge in [0.2, 0.25) is 0 Å². The van der Waals surface area contributed by atoms with Gasteiger partial charge in [-0.1, -0.05) is 38.1 Å². The van der Waals surface area contributed by atoms with E-state index in [0.717, 1.165) is 34.9 Å². The van der Waals surface area contributed by atoms with Gasteiger partial charge in [0.1, 0.15) is 0 Å². The molecule has 1 heterocycles. The lowest BCUT2D eigenvalue weighted by Crippen LogP contribution is -1.90. The third kappa shape index (κ3) is 2.12. The van der Waals surface area contributed by atoms with Crippen LogP contribution in [-0.4, -0.2) is 9.97 Å². The van der Waals surface area contributed by atoms with Crippen LogP contribution < -0.4 is 0 Å². The summed E-state index contributed by atoms with van der Waals surface area (Å²) in [6.07, 6.45) is 2.07. The molecule has 0 atom stereocenters. The molecule has 2 nitrogen and oxygen atoms in total. The summed E-state index contributed by atoms with van der Waals surface area (Å²) in [4.78, 5) is 9.61. The van der Waals surface area contributed by atoms with Crippen LogP contribution in [0.2, 0.25) is 0 Å². The molecule has 0 spiro atoms. The van der Waals surface area contributed by atoms with Gasteiger partial charge in [-0.05, 0) is 59.0 Å². The molecule has 0 N–H and O–H groups in total. The normalized spacial score (nSPS) is 11.5. The SMILES string of the molecule is CCc1ccc2cc3nc4cc(CC)ccc4nc3cc2c1. The Balaban J connectivity index is 2.02. The smallest absolute Gasteiger partial charge is 0.0901 e. The van der Waals surface area contributed by atoms with Crippen molar-refractivity contribution in [2.24, 2.45) is 0 Å². The van der Waals surface area contributed by atoms with Gasteiger partial charge in [0.15, 0.2) is 0 Å². The summed E-state index contributed by atoms with van der Waals surface area (Å²) in [6, 6.07) is 17.3. The van der Waals surface area contributed by atoms with E-state index in [1.165, 1.54) is 21.9 Å². The van der Waals surface area contributed by atoms with E-state index in [4.69, 9.17) is 9.97 Å². The Bertz CT molecular complexity index is 919. The van der Waals surface area contributed by atoms with Crippen LogP contribution in [0.4, 0.5) is 0 Å². The summed E-state index contributed by atoms with van der Waals surface area (Å²) in [5, 5.41) is 2.47. The van der Waals surface area contributed by atoms with E-state index in [1.54, 1.807) is 0 Å². The molecule has 0 bridgehead atoms. The van der Waals surface area contributed by atoms with Crippen molar-refractivity contribution in [2.45, 2.75) is 26.7 Å². The third-order valence-electron chi connectivity index (χ3n) is 4.34. The van der Waals surface area contributed by atoms with Crippen LogP contribution in [0.25, 0.3) is 32.8 Å². The van der Waals surface area contributed by atoms with Crippen molar-refractivity contribution in [3.63, 3.8) is 0 Å². The van der Waals surface area contributed by atoms with E-state index in [1.807, 2.05) is 0 Å². The Labute approximate surface area is 129 Å². The Morgan fingerprint density at radius 1 is 0.591 bits per heavy atom. The lowest BCUT2D eigenvalue weighted by Gasteiger charge is -2.06. The molecule has 0 amide bonds. The van der Waals surface area contributed by atoms with Crippen LogP contribution in [0.15, 0.2) is 48.5 Å². The van der Waals surface area contributed by atoms with Gasteiger partial charge in [-0.3, -0.25) is 0 Å². The van der Waals surface area contributed by atoms with Gasteiger partial charge < -0.3 is 0 Å². The summed E-state index contributed by atoms with van der Waals surface area (Å²) in [7, 11) is 0. The lowest BCUT2D eigenvalue weighted by atomic mass is 10.0. The molecule has 0 aliphatic rings. The molecule has 0 aliphatic heterocycles. The van der Waals surface area contributed by atoms with Crippen molar-refractivity contribution in [3.05, 3.63) is 59.7 Å². The van der Waals surface area contributed by atoms with E-state index < -0.39 is 0 Å². The summed E-state index contributed by atoms with van der Waals surface area (Å²) < 4.78 is 0. The molecule has 4 aromatic rings. The number of hydrogen-bond acceptors (Lipinski definition) is 2. The van der Waals surface area contributed by atoms with E-state index in [-0.39, 0.29) is 0 Å². The minimum absolute atomic E-state index is 0.968. The summed E-state index contributed by atoms with van der Waals surface area (Å²) in [5.41, 5.74) is 6.55. The van der Waals surface area contributed by atoms with Gasteiger partial charge in [0.05, 0.1) is 22.1 Å². The highest BCUT2D eigenvalue weighted by Crippen LogP contribution is 2.24. The predicted octanol–water partition coefficient (Wildman–Crippen LogP) is 5.06. The minimum Gasteiger partial charge on any atom is -0.244 e. The second-order valence-corrected chi connectivity index (χ2v) is 5.78. The minimum atomic E-state index is 0.968. The first-order valence-corrected chi connectivity index (χ1v) is 7.90. The summed E-state index contributed by atoms with van der Waals surface area (Å²) in [5.74, 6) is 0. The number of aromatic nitrogens is 2. The Kier molecular flexibility index (Phi) is 3.04. The first-order valence-electron chi connectivity index (χ1n) is 7.90. The number of rotatable bonds is 2. The van der Waals surface area contributed by atoms with Crippen LogP contribution in [-0.2, 0) is 12.8 Å². The summed E-state index contributed by atoms with van der Waals surface area (Å²) in [6.45, 7) is 4.34. The number of fused-ring (bicyclic) bond motifs is 3. The highest BCUT2D eigenvalue weighted by atomic mass is 14.8. The zero-order chi connectivity index (χ0) is 15.1. The maximum absolute atomic E-state index is 4.82. The molecule has 0 saturated carbocycles. The molecule has 0 saturated heterocycles. The van der Waals surface area contributed by atoms with Crippen molar-refractivity contribution in [2.75, 3.05) is 0 Å². The van der Waals surface area contributed by atoms with Gasteiger partial charge in [0.25, 0.3) is 0 Å². The molecule has 1 aromatic heterocycles. The summed E-state index contributed by atoms with van der Waals surface area (Å²) >= 11 is 0. The molecular formula is C20H18N2. The van der Waals surface area contributed by atoms with Crippen molar-refractivity contribution < 1.29 is 0 Å².